The van der Waals surface area contributed by atoms with Crippen LogP contribution >= 0.6 is 15.6 Å². The molecule has 0 aromatic rings. The standard InChI is InChI=1S/2C6H15O4P.Zn/c2*1-3-5-9-11(7,8)10-6-4-2;/h2*3-6H2,1-2H3,(H,7,8);/q;;+2/p-2. The molecule has 11 heteroatoms. The van der Waals surface area contributed by atoms with Gasteiger partial charge < -0.3 is 27.9 Å². The quantitative estimate of drug-likeness (QED) is 0.344. The summed E-state index contributed by atoms with van der Waals surface area (Å²) < 4.78 is 39.3. The largest absolute Gasteiger partial charge is 2.00 e. The Balaban J connectivity index is -0.000000333. The molecule has 0 atom stereocenters. The summed E-state index contributed by atoms with van der Waals surface area (Å²) in [5.74, 6) is 0. The van der Waals surface area contributed by atoms with Gasteiger partial charge in [-0.3, -0.25) is 9.13 Å². The monoisotopic (exact) mass is 426 g/mol. The molecule has 0 saturated heterocycles. The van der Waals surface area contributed by atoms with Crippen molar-refractivity contribution in [2.45, 2.75) is 53.4 Å². The van der Waals surface area contributed by atoms with Crippen molar-refractivity contribution in [1.82, 2.24) is 0 Å². The fourth-order valence-electron chi connectivity index (χ4n) is 0.887. The maximum absolute atomic E-state index is 10.7. The summed E-state index contributed by atoms with van der Waals surface area (Å²) in [7, 11) is -7.95. The molecule has 0 N–H and O–H groups in total. The Morgan fingerprint density at radius 2 is 0.783 bits per heavy atom. The Kier molecular flexibility index (Phi) is 22.0. The van der Waals surface area contributed by atoms with Crippen LogP contribution in [0.4, 0.5) is 0 Å². The van der Waals surface area contributed by atoms with E-state index in [1.54, 1.807) is 0 Å². The van der Waals surface area contributed by atoms with Gasteiger partial charge in [-0.25, -0.2) is 0 Å². The number of phosphoric acid groups is 2. The molecule has 0 aromatic heterocycles. The van der Waals surface area contributed by atoms with E-state index in [4.69, 9.17) is 0 Å². The fourth-order valence-corrected chi connectivity index (χ4v) is 2.66. The molecule has 0 aliphatic heterocycles. The molecular formula is C12H28O8P2Zn. The molecule has 0 amide bonds. The van der Waals surface area contributed by atoms with E-state index in [9.17, 15) is 18.9 Å². The van der Waals surface area contributed by atoms with Gasteiger partial charge in [0.05, 0.1) is 26.4 Å². The minimum absolute atomic E-state index is 0. The van der Waals surface area contributed by atoms with Crippen molar-refractivity contribution >= 4 is 15.6 Å². The smallest absolute Gasteiger partial charge is 0.756 e. The molecule has 0 aliphatic carbocycles. The number of hydrogen-bond acceptors (Lipinski definition) is 8. The Bertz CT molecular complexity index is 287. The van der Waals surface area contributed by atoms with E-state index in [1.807, 2.05) is 27.7 Å². The number of rotatable bonds is 12. The van der Waals surface area contributed by atoms with Crippen molar-refractivity contribution in [3.05, 3.63) is 0 Å². The summed E-state index contributed by atoms with van der Waals surface area (Å²) >= 11 is 0. The normalized spacial score (nSPS) is 11.4. The first-order valence-corrected chi connectivity index (χ1v) is 10.4. The Hall–Kier alpha value is 0.843. The molecule has 0 radical (unpaired) electrons. The zero-order valence-corrected chi connectivity index (χ0v) is 19.3. The average molecular weight is 428 g/mol. The molecule has 0 fully saturated rings. The van der Waals surface area contributed by atoms with Gasteiger partial charge in [0, 0.05) is 0 Å². The van der Waals surface area contributed by atoms with Gasteiger partial charge in [0.2, 0.25) is 0 Å². The van der Waals surface area contributed by atoms with Crippen LogP contribution in [0.5, 0.6) is 0 Å². The van der Waals surface area contributed by atoms with E-state index < -0.39 is 15.6 Å². The third kappa shape index (κ3) is 22.8. The summed E-state index contributed by atoms with van der Waals surface area (Å²) in [4.78, 5) is 21.5. The van der Waals surface area contributed by atoms with Crippen LogP contribution in [0, 0.1) is 0 Å². The van der Waals surface area contributed by atoms with Gasteiger partial charge in [-0.05, 0) is 25.7 Å². The Morgan fingerprint density at radius 3 is 0.913 bits per heavy atom. The SMILES string of the molecule is CCCOP(=O)([O-])OCCC.CCCOP(=O)([O-])OCCC.[Zn+2]. The van der Waals surface area contributed by atoms with Crippen LogP contribution in [0.25, 0.3) is 0 Å². The van der Waals surface area contributed by atoms with Crippen molar-refractivity contribution in [2.24, 2.45) is 0 Å². The molecular weight excluding hydrogens is 399 g/mol. The average Bonchev–Trinajstić information content (AvgIpc) is 2.48. The Morgan fingerprint density at radius 1 is 0.609 bits per heavy atom. The van der Waals surface area contributed by atoms with Crippen LogP contribution < -0.4 is 9.79 Å². The minimum atomic E-state index is -3.98. The molecule has 0 bridgehead atoms. The Labute approximate surface area is 152 Å². The molecule has 0 aliphatic rings. The van der Waals surface area contributed by atoms with Crippen molar-refractivity contribution in [3.63, 3.8) is 0 Å². The van der Waals surface area contributed by atoms with Crippen molar-refractivity contribution in [2.75, 3.05) is 26.4 Å². The molecule has 0 aromatic carbocycles. The van der Waals surface area contributed by atoms with Crippen LogP contribution in [0.1, 0.15) is 53.4 Å². The van der Waals surface area contributed by atoms with Crippen molar-refractivity contribution < 1.29 is 56.5 Å². The van der Waals surface area contributed by atoms with Gasteiger partial charge in [-0.2, -0.15) is 0 Å². The number of phosphoric ester groups is 2. The van der Waals surface area contributed by atoms with E-state index in [-0.39, 0.29) is 45.9 Å². The molecule has 0 spiro atoms. The van der Waals surface area contributed by atoms with Crippen LogP contribution in [0.3, 0.4) is 0 Å². The van der Waals surface area contributed by atoms with Crippen LogP contribution in [-0.4, -0.2) is 26.4 Å². The van der Waals surface area contributed by atoms with Crippen LogP contribution in [-0.2, 0) is 46.7 Å². The van der Waals surface area contributed by atoms with E-state index in [0.29, 0.717) is 25.7 Å². The fraction of sp³-hybridized carbons (Fsp3) is 1.00. The zero-order chi connectivity index (χ0) is 17.5. The maximum Gasteiger partial charge on any atom is 2.00 e. The third-order valence-electron chi connectivity index (χ3n) is 1.81. The van der Waals surface area contributed by atoms with Gasteiger partial charge in [-0.1, -0.05) is 27.7 Å². The first-order valence-electron chi connectivity index (χ1n) is 7.44. The second-order valence-corrected chi connectivity index (χ2v) is 7.05. The van der Waals surface area contributed by atoms with Crippen molar-refractivity contribution in [1.29, 1.82) is 0 Å². The van der Waals surface area contributed by atoms with Crippen molar-refractivity contribution in [3.8, 4) is 0 Å². The van der Waals surface area contributed by atoms with Gasteiger partial charge in [0.15, 0.2) is 0 Å². The molecule has 23 heavy (non-hydrogen) atoms. The summed E-state index contributed by atoms with van der Waals surface area (Å²) in [5, 5.41) is 0. The summed E-state index contributed by atoms with van der Waals surface area (Å²) in [6.45, 7) is 8.13. The van der Waals surface area contributed by atoms with E-state index in [2.05, 4.69) is 18.1 Å². The van der Waals surface area contributed by atoms with Gasteiger partial charge in [0.1, 0.15) is 0 Å². The van der Waals surface area contributed by atoms with Gasteiger partial charge >= 0.3 is 19.5 Å². The molecule has 0 saturated carbocycles. The molecule has 0 unspecified atom stereocenters. The summed E-state index contributed by atoms with van der Waals surface area (Å²) in [6.07, 6.45) is 2.67. The maximum atomic E-state index is 10.7. The minimum Gasteiger partial charge on any atom is -0.756 e. The summed E-state index contributed by atoms with van der Waals surface area (Å²) in [5.41, 5.74) is 0. The van der Waals surface area contributed by atoms with Crippen LogP contribution in [0.2, 0.25) is 0 Å². The van der Waals surface area contributed by atoms with Gasteiger partial charge in [0.25, 0.3) is 15.6 Å². The second-order valence-electron chi connectivity index (χ2n) is 4.23. The molecule has 0 rings (SSSR count). The predicted octanol–water partition coefficient (Wildman–Crippen LogP) is 2.61. The summed E-state index contributed by atoms with van der Waals surface area (Å²) in [6, 6.07) is 0. The van der Waals surface area contributed by atoms with E-state index in [1.165, 1.54) is 0 Å². The first kappa shape index (κ1) is 28.6. The zero-order valence-electron chi connectivity index (χ0n) is 14.5. The van der Waals surface area contributed by atoms with Gasteiger partial charge in [-0.15, -0.1) is 0 Å². The second kappa shape index (κ2) is 17.7. The third-order valence-corrected chi connectivity index (χ3v) is 3.81. The molecule has 136 valence electrons. The molecule has 8 nitrogen and oxygen atoms in total. The topological polar surface area (TPSA) is 117 Å². The molecule has 0 heterocycles. The first-order chi connectivity index (χ1) is 10.2. The van der Waals surface area contributed by atoms with E-state index >= 15 is 0 Å². The predicted molar refractivity (Wildman–Crippen MR) is 80.2 cm³/mol. The van der Waals surface area contributed by atoms with Crippen LogP contribution in [0.15, 0.2) is 0 Å². The van der Waals surface area contributed by atoms with E-state index in [0.717, 1.165) is 0 Å². The number of hydrogen-bond donors (Lipinski definition) is 0.